The molecule has 0 radical (unpaired) electrons. The van der Waals surface area contributed by atoms with Gasteiger partial charge in [-0.15, -0.1) is 0 Å². The summed E-state index contributed by atoms with van der Waals surface area (Å²) < 4.78 is 26.4. The minimum Gasteiger partial charge on any atom is -0.370 e. The number of alkyl halides is 2. The van der Waals surface area contributed by atoms with Crippen molar-refractivity contribution in [3.63, 3.8) is 0 Å². The van der Waals surface area contributed by atoms with Crippen LogP contribution in [0.2, 0.25) is 0 Å². The molecule has 2 aliphatic carbocycles. The monoisotopic (exact) mass is 488 g/mol. The fourth-order valence-corrected chi connectivity index (χ4v) is 5.93. The van der Waals surface area contributed by atoms with E-state index in [2.05, 4.69) is 15.5 Å². The third-order valence-corrected chi connectivity index (χ3v) is 7.90. The zero-order chi connectivity index (χ0) is 24.9. The highest BCUT2D eigenvalue weighted by Gasteiger charge is 2.46. The summed E-state index contributed by atoms with van der Waals surface area (Å²) >= 11 is 0. The summed E-state index contributed by atoms with van der Waals surface area (Å²) in [4.78, 5) is 53.0. The van der Waals surface area contributed by atoms with Crippen LogP contribution in [0.5, 0.6) is 0 Å². The zero-order valence-electron chi connectivity index (χ0n) is 19.7. The van der Waals surface area contributed by atoms with Crippen LogP contribution in [0.3, 0.4) is 0 Å². The Bertz CT molecular complexity index is 1070. The van der Waals surface area contributed by atoms with E-state index >= 15 is 0 Å². The van der Waals surface area contributed by atoms with Crippen molar-refractivity contribution in [2.24, 2.45) is 5.92 Å². The molecule has 3 atom stereocenters. The highest BCUT2D eigenvalue weighted by atomic mass is 19.3. The molecule has 1 unspecified atom stereocenters. The number of hydrogen-bond acceptors (Lipinski definition) is 6. The van der Waals surface area contributed by atoms with Crippen LogP contribution >= 0.6 is 0 Å². The summed E-state index contributed by atoms with van der Waals surface area (Å²) in [6, 6.07) is 4.39. The molecule has 2 N–H and O–H groups in total. The topological polar surface area (TPSA) is 98.8 Å². The largest absolute Gasteiger partial charge is 0.370 e. The SMILES string of the molecule is CN(c1ccc2c(c1)C(=O)N(C1CCC(=O)NC1=O)C2=O)[C@@H]1CCCC[C@@H]1NCC1CC(F)(F)C1. The molecule has 0 spiro atoms. The van der Waals surface area contributed by atoms with Gasteiger partial charge in [0.25, 0.3) is 11.8 Å². The molecular weight excluding hydrogens is 458 g/mol. The first-order valence-corrected chi connectivity index (χ1v) is 12.3. The zero-order valence-corrected chi connectivity index (χ0v) is 19.7. The van der Waals surface area contributed by atoms with Crippen LogP contribution in [0.15, 0.2) is 18.2 Å². The maximum atomic E-state index is 13.2. The van der Waals surface area contributed by atoms with Crippen LogP contribution in [-0.4, -0.2) is 66.2 Å². The van der Waals surface area contributed by atoms with E-state index < -0.39 is 35.6 Å². The van der Waals surface area contributed by atoms with Crippen LogP contribution in [0.4, 0.5) is 14.5 Å². The summed E-state index contributed by atoms with van der Waals surface area (Å²) in [7, 11) is 1.95. The van der Waals surface area contributed by atoms with Gasteiger partial charge in [0.1, 0.15) is 6.04 Å². The van der Waals surface area contributed by atoms with Crippen molar-refractivity contribution in [3.8, 4) is 0 Å². The van der Waals surface area contributed by atoms with Gasteiger partial charge >= 0.3 is 0 Å². The fraction of sp³-hybridized carbons (Fsp3) is 0.600. The molecule has 35 heavy (non-hydrogen) atoms. The first kappa shape index (κ1) is 23.8. The maximum Gasteiger partial charge on any atom is 0.262 e. The maximum absolute atomic E-state index is 13.2. The Morgan fingerprint density at radius 1 is 1.06 bits per heavy atom. The van der Waals surface area contributed by atoms with Crippen molar-refractivity contribution >= 4 is 29.3 Å². The number of nitrogens with one attached hydrogen (secondary N) is 2. The first-order chi connectivity index (χ1) is 16.6. The van der Waals surface area contributed by atoms with Crippen LogP contribution in [0, 0.1) is 5.92 Å². The van der Waals surface area contributed by atoms with Crippen molar-refractivity contribution in [1.29, 1.82) is 0 Å². The Labute approximate surface area is 202 Å². The van der Waals surface area contributed by atoms with Crippen molar-refractivity contribution < 1.29 is 28.0 Å². The van der Waals surface area contributed by atoms with E-state index in [4.69, 9.17) is 0 Å². The van der Waals surface area contributed by atoms with E-state index in [1.54, 1.807) is 18.2 Å². The summed E-state index contributed by atoms with van der Waals surface area (Å²) in [6.45, 7) is 0.572. The second kappa shape index (κ2) is 8.96. The van der Waals surface area contributed by atoms with E-state index in [1.807, 2.05) is 7.05 Å². The first-order valence-electron chi connectivity index (χ1n) is 12.3. The molecule has 2 heterocycles. The molecule has 1 aromatic rings. The number of fused-ring (bicyclic) bond motifs is 1. The number of likely N-dealkylation sites (N-methyl/N-ethyl adjacent to an activating group) is 1. The van der Waals surface area contributed by atoms with E-state index in [-0.39, 0.29) is 54.8 Å². The van der Waals surface area contributed by atoms with E-state index in [9.17, 15) is 28.0 Å². The lowest BCUT2D eigenvalue weighted by atomic mass is 9.80. The molecule has 0 bridgehead atoms. The minimum atomic E-state index is -2.52. The van der Waals surface area contributed by atoms with Gasteiger partial charge in [0.05, 0.1) is 11.1 Å². The number of hydrogen-bond donors (Lipinski definition) is 2. The van der Waals surface area contributed by atoms with E-state index in [0.717, 1.165) is 36.3 Å². The molecule has 0 aromatic heterocycles. The Balaban J connectivity index is 1.30. The Morgan fingerprint density at radius 2 is 1.77 bits per heavy atom. The third-order valence-electron chi connectivity index (χ3n) is 7.90. The second-order valence-corrected chi connectivity index (χ2v) is 10.3. The molecule has 3 fully saturated rings. The van der Waals surface area contributed by atoms with Gasteiger partial charge in [-0.1, -0.05) is 12.8 Å². The fourth-order valence-electron chi connectivity index (χ4n) is 5.93. The number of nitrogens with zero attached hydrogens (tertiary/aromatic N) is 2. The lowest BCUT2D eigenvalue weighted by molar-refractivity contribution is -0.136. The molecular formula is C25H30F2N4O4. The van der Waals surface area contributed by atoms with Crippen LogP contribution in [0.25, 0.3) is 0 Å². The van der Waals surface area contributed by atoms with Gasteiger partial charge in [-0.05, 0) is 49.9 Å². The third kappa shape index (κ3) is 4.44. The molecule has 4 aliphatic rings. The lowest BCUT2D eigenvalue weighted by Crippen LogP contribution is -2.54. The van der Waals surface area contributed by atoms with Gasteiger partial charge in [0, 0.05) is 44.1 Å². The Kier molecular flexibility index (Phi) is 6.11. The number of carbonyl (C=O) groups excluding carboxylic acids is 4. The van der Waals surface area contributed by atoms with Crippen molar-refractivity contribution in [2.75, 3.05) is 18.5 Å². The van der Waals surface area contributed by atoms with Gasteiger partial charge in [0.15, 0.2) is 0 Å². The van der Waals surface area contributed by atoms with Crippen LogP contribution in [-0.2, 0) is 9.59 Å². The highest BCUT2D eigenvalue weighted by Crippen LogP contribution is 2.42. The molecule has 4 amide bonds. The summed E-state index contributed by atoms with van der Waals surface area (Å²) in [6.07, 6.45) is 4.08. The Morgan fingerprint density at radius 3 is 2.49 bits per heavy atom. The number of piperidine rings is 1. The summed E-state index contributed by atoms with van der Waals surface area (Å²) in [5.74, 6) is -4.62. The molecule has 2 aliphatic heterocycles. The quantitative estimate of drug-likeness (QED) is 0.597. The molecule has 188 valence electrons. The predicted octanol–water partition coefficient (Wildman–Crippen LogP) is 2.47. The van der Waals surface area contributed by atoms with Crippen molar-refractivity contribution in [2.45, 2.75) is 75.4 Å². The molecule has 1 saturated heterocycles. The number of anilines is 1. The number of carbonyl (C=O) groups is 4. The number of benzene rings is 1. The van der Waals surface area contributed by atoms with Gasteiger partial charge in [0.2, 0.25) is 17.7 Å². The van der Waals surface area contributed by atoms with Crippen LogP contribution in [0.1, 0.15) is 72.1 Å². The smallest absolute Gasteiger partial charge is 0.262 e. The number of halogens is 2. The minimum absolute atomic E-state index is 0.000208. The van der Waals surface area contributed by atoms with E-state index in [0.29, 0.717) is 6.54 Å². The Hall–Kier alpha value is -2.88. The van der Waals surface area contributed by atoms with Gasteiger partial charge in [-0.25, -0.2) is 8.78 Å². The highest BCUT2D eigenvalue weighted by molar-refractivity contribution is 6.23. The van der Waals surface area contributed by atoms with E-state index in [1.165, 1.54) is 0 Å². The summed E-state index contributed by atoms with van der Waals surface area (Å²) in [5, 5.41) is 5.72. The molecule has 10 heteroatoms. The average Bonchev–Trinajstić information content (AvgIpc) is 3.05. The van der Waals surface area contributed by atoms with Crippen molar-refractivity contribution in [1.82, 2.24) is 15.5 Å². The molecule has 5 rings (SSSR count). The number of imide groups is 2. The predicted molar refractivity (Wildman–Crippen MR) is 123 cm³/mol. The van der Waals surface area contributed by atoms with Crippen LogP contribution < -0.4 is 15.5 Å². The standard InChI is InChI=1S/C25H30F2N4O4/c1-30(19-5-3-2-4-18(19)28-13-14-11-25(26,27)12-14)15-6-7-16-17(10-15)24(35)31(23(16)34)20-8-9-21(32)29-22(20)33/h6-7,10,14,18-20,28H,2-5,8-9,11-13H2,1H3,(H,29,32,33)/t18-,19+,20?/m0/s1. The number of amides is 4. The normalized spacial score (nSPS) is 28.5. The van der Waals surface area contributed by atoms with Crippen molar-refractivity contribution in [3.05, 3.63) is 29.3 Å². The lowest BCUT2D eigenvalue weighted by Gasteiger charge is -2.42. The van der Waals surface area contributed by atoms with Gasteiger partial charge < -0.3 is 10.2 Å². The molecule has 1 aromatic carbocycles. The molecule has 8 nitrogen and oxygen atoms in total. The molecule has 2 saturated carbocycles. The second-order valence-electron chi connectivity index (χ2n) is 10.3. The summed E-state index contributed by atoms with van der Waals surface area (Å²) in [5.41, 5.74) is 1.28. The number of rotatable bonds is 6. The average molecular weight is 489 g/mol. The van der Waals surface area contributed by atoms with Gasteiger partial charge in [-0.3, -0.25) is 29.4 Å². The van der Waals surface area contributed by atoms with Gasteiger partial charge in [-0.2, -0.15) is 0 Å².